The molecule has 0 fully saturated rings. The molecule has 0 aliphatic heterocycles. The van der Waals surface area contributed by atoms with E-state index < -0.39 is 5.91 Å². The molecule has 0 bridgehead atoms. The summed E-state index contributed by atoms with van der Waals surface area (Å²) in [6, 6.07) is 6.72. The summed E-state index contributed by atoms with van der Waals surface area (Å²) < 4.78 is 4.82. The third-order valence-corrected chi connectivity index (χ3v) is 2.05. The van der Waals surface area contributed by atoms with Crippen LogP contribution in [0.1, 0.15) is 12.5 Å². The van der Waals surface area contributed by atoms with Gasteiger partial charge in [-0.1, -0.05) is 17.3 Å². The first kappa shape index (κ1) is 13.7. The number of anilines is 1. The number of ether oxygens (including phenoxy) is 1. The molecule has 0 heterocycles. The highest BCUT2D eigenvalue weighted by Crippen LogP contribution is 2.10. The second-order valence-corrected chi connectivity index (χ2v) is 3.41. The maximum Gasteiger partial charge on any atom is 0.310 e. The average molecular weight is 250 g/mol. The maximum atomic E-state index is 11.2. The lowest BCUT2D eigenvalue weighted by molar-refractivity contribution is -0.142. The number of hydrogen-bond donors (Lipinski definition) is 2. The lowest BCUT2D eigenvalue weighted by atomic mass is 10.1. The molecular weight excluding hydrogens is 236 g/mol. The SMILES string of the molecule is CCOC(=O)Cc1ccc(NC(=O)/C=N/O)cc1. The van der Waals surface area contributed by atoms with E-state index in [1.165, 1.54) is 0 Å². The molecule has 0 spiro atoms. The van der Waals surface area contributed by atoms with Crippen LogP contribution in [0, 0.1) is 0 Å². The van der Waals surface area contributed by atoms with Crippen molar-refractivity contribution in [3.63, 3.8) is 0 Å². The van der Waals surface area contributed by atoms with Gasteiger partial charge in [0, 0.05) is 5.69 Å². The summed E-state index contributed by atoms with van der Waals surface area (Å²) in [5.41, 5.74) is 1.34. The molecule has 1 aromatic rings. The van der Waals surface area contributed by atoms with Crippen LogP contribution in [0.2, 0.25) is 0 Å². The van der Waals surface area contributed by atoms with Gasteiger partial charge in [0.2, 0.25) is 0 Å². The van der Waals surface area contributed by atoms with E-state index in [9.17, 15) is 9.59 Å². The number of carbonyl (C=O) groups excluding carboxylic acids is 2. The summed E-state index contributed by atoms with van der Waals surface area (Å²) in [6.07, 6.45) is 0.951. The third kappa shape index (κ3) is 4.65. The Kier molecular flexibility index (Phi) is 5.37. The Labute approximate surface area is 104 Å². The highest BCUT2D eigenvalue weighted by atomic mass is 16.5. The molecule has 0 unspecified atom stereocenters. The van der Waals surface area contributed by atoms with Gasteiger partial charge in [0.15, 0.2) is 0 Å². The van der Waals surface area contributed by atoms with E-state index in [0.717, 1.165) is 11.8 Å². The van der Waals surface area contributed by atoms with Crippen LogP contribution in [-0.4, -0.2) is 29.9 Å². The van der Waals surface area contributed by atoms with Crippen LogP contribution in [0.5, 0.6) is 0 Å². The van der Waals surface area contributed by atoms with Gasteiger partial charge in [0.1, 0.15) is 6.21 Å². The molecule has 0 radical (unpaired) electrons. The molecule has 0 aromatic heterocycles. The fourth-order valence-corrected chi connectivity index (χ4v) is 1.31. The van der Waals surface area contributed by atoms with Crippen LogP contribution in [0.25, 0.3) is 0 Å². The zero-order valence-electron chi connectivity index (χ0n) is 9.92. The highest BCUT2D eigenvalue weighted by molar-refractivity contribution is 6.31. The van der Waals surface area contributed by atoms with E-state index in [0.29, 0.717) is 12.3 Å². The van der Waals surface area contributed by atoms with Crippen molar-refractivity contribution >= 4 is 23.8 Å². The number of benzene rings is 1. The minimum absolute atomic E-state index is 0.195. The molecule has 1 aromatic carbocycles. The van der Waals surface area contributed by atoms with Gasteiger partial charge in [0.05, 0.1) is 13.0 Å². The van der Waals surface area contributed by atoms with Crippen molar-refractivity contribution in [3.05, 3.63) is 29.8 Å². The summed E-state index contributed by atoms with van der Waals surface area (Å²) in [6.45, 7) is 2.10. The minimum atomic E-state index is -0.532. The Bertz CT molecular complexity index is 440. The van der Waals surface area contributed by atoms with Gasteiger partial charge in [-0.3, -0.25) is 9.59 Å². The number of amides is 1. The summed E-state index contributed by atoms with van der Waals surface area (Å²) in [5.74, 6) is -0.822. The molecule has 1 rings (SSSR count). The Morgan fingerprint density at radius 1 is 1.39 bits per heavy atom. The molecule has 0 aliphatic rings. The standard InChI is InChI=1S/C12H14N2O4/c1-2-18-12(16)7-9-3-5-10(6-4-9)14-11(15)8-13-17/h3-6,8,17H,2,7H2,1H3,(H,14,15)/b13-8+. The third-order valence-electron chi connectivity index (χ3n) is 2.05. The Morgan fingerprint density at radius 3 is 2.61 bits per heavy atom. The largest absolute Gasteiger partial charge is 0.466 e. The topological polar surface area (TPSA) is 88.0 Å². The second kappa shape index (κ2) is 7.05. The van der Waals surface area contributed by atoms with Crippen LogP contribution in [0.15, 0.2) is 29.4 Å². The number of oxime groups is 1. The number of esters is 1. The van der Waals surface area contributed by atoms with Crippen LogP contribution in [-0.2, 0) is 20.7 Å². The summed E-state index contributed by atoms with van der Waals surface area (Å²) in [5, 5.41) is 13.3. The monoisotopic (exact) mass is 250 g/mol. The second-order valence-electron chi connectivity index (χ2n) is 3.41. The van der Waals surface area contributed by atoms with Crippen LogP contribution < -0.4 is 5.32 Å². The van der Waals surface area contributed by atoms with Crippen LogP contribution in [0.4, 0.5) is 5.69 Å². The molecule has 0 atom stereocenters. The molecular formula is C12H14N2O4. The number of nitrogens with one attached hydrogen (secondary N) is 1. The van der Waals surface area contributed by atoms with Gasteiger partial charge in [-0.2, -0.15) is 0 Å². The van der Waals surface area contributed by atoms with Crippen molar-refractivity contribution in [2.24, 2.45) is 5.16 Å². The van der Waals surface area contributed by atoms with E-state index in [-0.39, 0.29) is 12.4 Å². The van der Waals surface area contributed by atoms with Crippen molar-refractivity contribution in [2.45, 2.75) is 13.3 Å². The Hall–Kier alpha value is -2.37. The number of hydrogen-bond acceptors (Lipinski definition) is 5. The van der Waals surface area contributed by atoms with E-state index in [2.05, 4.69) is 10.5 Å². The summed E-state index contributed by atoms with van der Waals surface area (Å²) in [7, 11) is 0. The predicted molar refractivity (Wildman–Crippen MR) is 65.7 cm³/mol. The van der Waals surface area contributed by atoms with Gasteiger partial charge in [-0.05, 0) is 24.6 Å². The van der Waals surface area contributed by atoms with Crippen LogP contribution in [0.3, 0.4) is 0 Å². The number of carbonyl (C=O) groups is 2. The van der Waals surface area contributed by atoms with Crippen LogP contribution >= 0.6 is 0 Å². The number of nitrogens with zero attached hydrogens (tertiary/aromatic N) is 1. The molecule has 1 amide bonds. The molecule has 0 saturated heterocycles. The van der Waals surface area contributed by atoms with Gasteiger partial charge >= 0.3 is 5.97 Å². The Balaban J connectivity index is 2.57. The molecule has 96 valence electrons. The minimum Gasteiger partial charge on any atom is -0.466 e. The predicted octanol–water partition coefficient (Wildman–Crippen LogP) is 1.19. The first-order valence-electron chi connectivity index (χ1n) is 5.38. The lowest BCUT2D eigenvalue weighted by Gasteiger charge is -2.04. The average Bonchev–Trinajstić information content (AvgIpc) is 2.32. The van der Waals surface area contributed by atoms with Crippen molar-refractivity contribution < 1.29 is 19.5 Å². The quantitative estimate of drug-likeness (QED) is 0.355. The fourth-order valence-electron chi connectivity index (χ4n) is 1.31. The summed E-state index contributed by atoms with van der Waals surface area (Å²) >= 11 is 0. The van der Waals surface area contributed by atoms with Gasteiger partial charge in [0.25, 0.3) is 5.91 Å². The molecule has 6 nitrogen and oxygen atoms in total. The van der Waals surface area contributed by atoms with E-state index in [4.69, 9.17) is 9.94 Å². The molecule has 6 heteroatoms. The van der Waals surface area contributed by atoms with Crippen molar-refractivity contribution in [1.29, 1.82) is 0 Å². The van der Waals surface area contributed by atoms with E-state index in [1.54, 1.807) is 31.2 Å². The highest BCUT2D eigenvalue weighted by Gasteiger charge is 2.04. The molecule has 18 heavy (non-hydrogen) atoms. The molecule has 0 saturated carbocycles. The molecule has 0 aliphatic carbocycles. The lowest BCUT2D eigenvalue weighted by Crippen LogP contribution is -2.12. The maximum absolute atomic E-state index is 11.2. The van der Waals surface area contributed by atoms with Crippen molar-refractivity contribution in [2.75, 3.05) is 11.9 Å². The van der Waals surface area contributed by atoms with E-state index in [1.807, 2.05) is 0 Å². The fraction of sp³-hybridized carbons (Fsp3) is 0.250. The normalized spacial score (nSPS) is 10.3. The summed E-state index contributed by atoms with van der Waals surface area (Å²) in [4.78, 5) is 22.3. The van der Waals surface area contributed by atoms with Crippen molar-refractivity contribution in [3.8, 4) is 0 Å². The van der Waals surface area contributed by atoms with Gasteiger partial charge in [-0.25, -0.2) is 0 Å². The zero-order valence-corrected chi connectivity index (χ0v) is 9.92. The van der Waals surface area contributed by atoms with Gasteiger partial charge < -0.3 is 15.3 Å². The van der Waals surface area contributed by atoms with E-state index >= 15 is 0 Å². The van der Waals surface area contributed by atoms with Gasteiger partial charge in [-0.15, -0.1) is 0 Å². The number of rotatable bonds is 5. The molecule has 2 N–H and O–H groups in total. The first-order chi connectivity index (χ1) is 8.65. The Morgan fingerprint density at radius 2 is 2.06 bits per heavy atom. The van der Waals surface area contributed by atoms with Crippen molar-refractivity contribution in [1.82, 2.24) is 0 Å². The first-order valence-corrected chi connectivity index (χ1v) is 5.38. The zero-order chi connectivity index (χ0) is 13.4. The smallest absolute Gasteiger partial charge is 0.310 e.